The molecule has 1 heterocycles. The highest BCUT2D eigenvalue weighted by Gasteiger charge is 2.51. The van der Waals surface area contributed by atoms with Crippen LogP contribution in [0.1, 0.15) is 46.3 Å². The zero-order valence-corrected chi connectivity index (χ0v) is 11.7. The van der Waals surface area contributed by atoms with E-state index in [-0.39, 0.29) is 18.3 Å². The Morgan fingerprint density at radius 3 is 1.83 bits per heavy atom. The third-order valence-electron chi connectivity index (χ3n) is 3.94. The SMILES string of the molecule is CC(O)[13c]1[13cH][13cH][13c](B2OC(C)(C)C(C)(C)O2)[13cH][13cH]1. The topological polar surface area (TPSA) is 38.7 Å². The van der Waals surface area contributed by atoms with Gasteiger partial charge in [-0.1, -0.05) is 24.3 Å². The van der Waals surface area contributed by atoms with Gasteiger partial charge in [0.2, 0.25) is 0 Å². The molecule has 0 saturated carbocycles. The highest BCUT2D eigenvalue weighted by Crippen LogP contribution is 2.36. The second-order valence-corrected chi connectivity index (χ2v) is 5.93. The fraction of sp³-hybridized carbons (Fsp3) is 0.571. The van der Waals surface area contributed by atoms with E-state index >= 15 is 0 Å². The van der Waals surface area contributed by atoms with E-state index in [2.05, 4.69) is 0 Å². The summed E-state index contributed by atoms with van der Waals surface area (Å²) in [4.78, 5) is 0. The lowest BCUT2D eigenvalue weighted by Gasteiger charge is -2.32. The van der Waals surface area contributed by atoms with Crippen LogP contribution in [0.5, 0.6) is 0 Å². The predicted molar refractivity (Wildman–Crippen MR) is 72.8 cm³/mol. The van der Waals surface area contributed by atoms with Crippen molar-refractivity contribution in [2.75, 3.05) is 0 Å². The molecule has 1 atom stereocenters. The quantitative estimate of drug-likeness (QED) is 0.821. The van der Waals surface area contributed by atoms with Gasteiger partial charge < -0.3 is 14.4 Å². The Labute approximate surface area is 109 Å². The lowest BCUT2D eigenvalue weighted by atomic mass is 9.90. The fourth-order valence-corrected chi connectivity index (χ4v) is 1.91. The van der Waals surface area contributed by atoms with E-state index in [4.69, 9.17) is 9.31 Å². The first-order valence-corrected chi connectivity index (χ1v) is 6.36. The zero-order chi connectivity index (χ0) is 13.6. The molecule has 0 spiro atoms. The van der Waals surface area contributed by atoms with Crippen molar-refractivity contribution >= 4 is 12.6 Å². The maximum absolute atomic E-state index is 9.48. The van der Waals surface area contributed by atoms with Gasteiger partial charge in [0.1, 0.15) is 0 Å². The monoisotopic (exact) mass is 254 g/mol. The third-order valence-corrected chi connectivity index (χ3v) is 3.94. The molecule has 1 N–H and O–H groups in total. The molecule has 1 aromatic rings. The largest absolute Gasteiger partial charge is 0.494 e. The van der Waals surface area contributed by atoms with Gasteiger partial charge in [0.05, 0.1) is 17.3 Å². The van der Waals surface area contributed by atoms with Gasteiger partial charge in [0.25, 0.3) is 0 Å². The summed E-state index contributed by atoms with van der Waals surface area (Å²) in [5, 5.41) is 9.48. The molecule has 4 heteroatoms. The molecule has 1 aliphatic rings. The van der Waals surface area contributed by atoms with Crippen molar-refractivity contribution in [1.29, 1.82) is 0 Å². The fourth-order valence-electron chi connectivity index (χ4n) is 1.91. The number of hydrogen-bond acceptors (Lipinski definition) is 3. The van der Waals surface area contributed by atoms with Crippen molar-refractivity contribution < 1.29 is 14.4 Å². The third kappa shape index (κ3) is 2.33. The molecule has 0 aromatic heterocycles. The van der Waals surface area contributed by atoms with Crippen molar-refractivity contribution in [1.82, 2.24) is 0 Å². The molecule has 2 rings (SSSR count). The summed E-state index contributed by atoms with van der Waals surface area (Å²) in [6.45, 7) is 9.91. The van der Waals surface area contributed by atoms with Crippen LogP contribution in [0.4, 0.5) is 0 Å². The lowest BCUT2D eigenvalue weighted by Crippen LogP contribution is -2.41. The second kappa shape index (κ2) is 4.37. The Morgan fingerprint density at radius 1 is 1.00 bits per heavy atom. The number of aliphatic hydroxyl groups excluding tert-OH is 1. The van der Waals surface area contributed by atoms with Crippen molar-refractivity contribution in [2.24, 2.45) is 0 Å². The molecule has 1 unspecified atom stereocenters. The smallest absolute Gasteiger partial charge is 0.399 e. The van der Waals surface area contributed by atoms with E-state index in [1.54, 1.807) is 6.92 Å². The summed E-state index contributed by atoms with van der Waals surface area (Å²) >= 11 is 0. The highest BCUT2D eigenvalue weighted by molar-refractivity contribution is 6.62. The molecule has 0 amide bonds. The van der Waals surface area contributed by atoms with E-state index < -0.39 is 6.10 Å². The van der Waals surface area contributed by atoms with Crippen LogP contribution in [0.3, 0.4) is 0 Å². The average Bonchev–Trinajstić information content (AvgIpc) is 2.48. The van der Waals surface area contributed by atoms with Crippen LogP contribution in [0.15, 0.2) is 24.3 Å². The van der Waals surface area contributed by atoms with Crippen LogP contribution in [0.25, 0.3) is 0 Å². The standard InChI is InChI=1S/C14H21BO3/c1-10(16)11-6-8-12(9-7-11)15-17-13(2,3)14(4,5)18-15/h6-10,16H,1-5H3/i6+1,7+1,8+1,9+1,11+1,12+1. The van der Waals surface area contributed by atoms with E-state index in [9.17, 15) is 5.11 Å². The Balaban J connectivity index is 2.19. The normalized spacial score (nSPS) is 23.1. The van der Waals surface area contributed by atoms with Gasteiger partial charge >= 0.3 is 7.12 Å². The summed E-state index contributed by atoms with van der Waals surface area (Å²) in [6.07, 6.45) is -0.447. The zero-order valence-electron chi connectivity index (χ0n) is 11.7. The first-order valence-electron chi connectivity index (χ1n) is 6.36. The van der Waals surface area contributed by atoms with Crippen LogP contribution >= 0.6 is 0 Å². The van der Waals surface area contributed by atoms with Gasteiger partial charge in [-0.25, -0.2) is 0 Å². The minimum absolute atomic E-state index is 0.319. The molecule has 18 heavy (non-hydrogen) atoms. The summed E-state index contributed by atoms with van der Waals surface area (Å²) in [5.41, 5.74) is 1.25. The van der Waals surface area contributed by atoms with E-state index in [0.717, 1.165) is 11.0 Å². The molecule has 0 radical (unpaired) electrons. The number of hydrogen-bond donors (Lipinski definition) is 1. The summed E-state index contributed by atoms with van der Waals surface area (Å²) < 4.78 is 11.9. The average molecular weight is 254 g/mol. The van der Waals surface area contributed by atoms with E-state index in [1.165, 1.54) is 0 Å². The van der Waals surface area contributed by atoms with Crippen molar-refractivity contribution in [3.8, 4) is 0 Å². The highest BCUT2D eigenvalue weighted by atomic mass is 16.7. The molecule has 1 saturated heterocycles. The Hall–Kier alpha value is -0.835. The second-order valence-electron chi connectivity index (χ2n) is 5.93. The van der Waals surface area contributed by atoms with Crippen LogP contribution in [0, 0.1) is 0 Å². The molecular formula is C14H21BO3. The van der Waals surface area contributed by atoms with Crippen molar-refractivity contribution in [2.45, 2.75) is 51.9 Å². The first kappa shape index (κ1) is 13.6. The Morgan fingerprint density at radius 2 is 1.44 bits per heavy atom. The molecule has 1 fully saturated rings. The minimum Gasteiger partial charge on any atom is -0.399 e. The van der Waals surface area contributed by atoms with Crippen LogP contribution < -0.4 is 5.46 Å². The van der Waals surface area contributed by atoms with Gasteiger partial charge in [-0.3, -0.25) is 0 Å². The summed E-state index contributed by atoms with van der Waals surface area (Å²) in [5.74, 6) is 0. The molecular weight excluding hydrogens is 233 g/mol. The van der Waals surface area contributed by atoms with Crippen LogP contribution in [0.2, 0.25) is 0 Å². The van der Waals surface area contributed by atoms with Crippen molar-refractivity contribution in [3.05, 3.63) is 29.8 Å². The molecule has 0 bridgehead atoms. The molecule has 0 aliphatic carbocycles. The number of benzene rings is 1. The van der Waals surface area contributed by atoms with Crippen LogP contribution in [-0.2, 0) is 9.31 Å². The Bertz CT molecular complexity index is 407. The number of aliphatic hydroxyl groups is 1. The van der Waals surface area contributed by atoms with Crippen molar-refractivity contribution in [3.63, 3.8) is 0 Å². The van der Waals surface area contributed by atoms with E-state index in [0.29, 0.717) is 0 Å². The van der Waals surface area contributed by atoms with Crippen LogP contribution in [-0.4, -0.2) is 23.4 Å². The van der Waals surface area contributed by atoms with Gasteiger partial charge in [-0.15, -0.1) is 0 Å². The molecule has 1 aromatic carbocycles. The molecule has 98 valence electrons. The first-order chi connectivity index (χ1) is 8.23. The Kier molecular flexibility index (Phi) is 3.30. The minimum atomic E-state index is -0.447. The van der Waals surface area contributed by atoms with Gasteiger partial charge in [-0.2, -0.15) is 0 Å². The summed E-state index contributed by atoms with van der Waals surface area (Å²) in [7, 11) is -0.335. The maximum Gasteiger partial charge on any atom is 0.494 e. The van der Waals surface area contributed by atoms with E-state index in [1.807, 2.05) is 52.0 Å². The van der Waals surface area contributed by atoms with Gasteiger partial charge in [-0.05, 0) is 45.6 Å². The molecule has 3 nitrogen and oxygen atoms in total. The lowest BCUT2D eigenvalue weighted by molar-refractivity contribution is 0.00578. The maximum atomic E-state index is 9.48. The predicted octanol–water partition coefficient (Wildman–Crippen LogP) is 2.04. The molecule has 1 aliphatic heterocycles. The summed E-state index contributed by atoms with van der Waals surface area (Å²) in [6, 6.07) is 7.71. The van der Waals surface area contributed by atoms with Gasteiger partial charge in [0, 0.05) is 0 Å². The number of rotatable bonds is 2. The van der Waals surface area contributed by atoms with Gasteiger partial charge in [0.15, 0.2) is 0 Å².